The second kappa shape index (κ2) is 9.58. The fourth-order valence-corrected chi connectivity index (χ4v) is 5.11. The van der Waals surface area contributed by atoms with Gasteiger partial charge in [0.15, 0.2) is 17.5 Å². The van der Waals surface area contributed by atoms with E-state index in [0.29, 0.717) is 17.2 Å². The smallest absolute Gasteiger partial charge is 0.279 e. The Morgan fingerprint density at radius 2 is 1.94 bits per heavy atom. The quantitative estimate of drug-likeness (QED) is 0.590. The number of anilines is 1. The monoisotopic (exact) mass is 464 g/mol. The summed E-state index contributed by atoms with van der Waals surface area (Å²) in [7, 11) is 0. The molecule has 3 heterocycles. The fraction of sp³-hybridized carbons (Fsp3) is 0.333. The molecule has 9 heteroatoms. The summed E-state index contributed by atoms with van der Waals surface area (Å²) < 4.78 is 11.0. The van der Waals surface area contributed by atoms with Crippen molar-refractivity contribution in [3.63, 3.8) is 0 Å². The minimum Gasteiger partial charge on any atom is -0.454 e. The average Bonchev–Trinajstić information content (AvgIpc) is 3.55. The Morgan fingerprint density at radius 3 is 2.70 bits per heavy atom. The van der Waals surface area contributed by atoms with Crippen LogP contribution >= 0.6 is 11.3 Å². The average molecular weight is 465 g/mol. The van der Waals surface area contributed by atoms with Gasteiger partial charge < -0.3 is 14.8 Å². The van der Waals surface area contributed by atoms with Gasteiger partial charge in [0.25, 0.3) is 5.91 Å². The molecule has 3 aromatic rings. The number of fused-ring (bicyclic) bond motifs is 1. The summed E-state index contributed by atoms with van der Waals surface area (Å²) in [6.45, 7) is 0.118. The summed E-state index contributed by atoms with van der Waals surface area (Å²) in [5.74, 6) is 0.505. The van der Waals surface area contributed by atoms with Crippen LogP contribution in [0.3, 0.4) is 0 Å². The molecular weight excluding hydrogens is 440 g/mol. The summed E-state index contributed by atoms with van der Waals surface area (Å²) in [5, 5.41) is 5.10. The molecule has 5 rings (SSSR count). The first-order valence-electron chi connectivity index (χ1n) is 11.0. The van der Waals surface area contributed by atoms with Crippen molar-refractivity contribution in [1.82, 2.24) is 15.3 Å². The van der Waals surface area contributed by atoms with Crippen molar-refractivity contribution in [3.8, 4) is 11.5 Å². The normalized spacial score (nSPS) is 16.2. The van der Waals surface area contributed by atoms with Gasteiger partial charge in [-0.15, -0.1) is 11.3 Å². The third kappa shape index (κ3) is 4.54. The van der Waals surface area contributed by atoms with Crippen molar-refractivity contribution in [3.05, 3.63) is 64.9 Å². The maximum Gasteiger partial charge on any atom is 0.279 e. The Hall–Kier alpha value is -3.46. The van der Waals surface area contributed by atoms with E-state index in [9.17, 15) is 9.59 Å². The van der Waals surface area contributed by atoms with Gasteiger partial charge in [-0.25, -0.2) is 4.98 Å². The minimum atomic E-state index is -0.859. The highest BCUT2D eigenvalue weighted by atomic mass is 32.1. The number of hydrogen-bond acceptors (Lipinski definition) is 7. The van der Waals surface area contributed by atoms with Crippen LogP contribution in [0.25, 0.3) is 0 Å². The summed E-state index contributed by atoms with van der Waals surface area (Å²) >= 11 is 1.44. The number of nitrogens with zero attached hydrogens (tertiary/aromatic N) is 3. The Labute approximate surface area is 195 Å². The number of hydrogen-bond donors (Lipinski definition) is 1. The van der Waals surface area contributed by atoms with Crippen LogP contribution in [0.15, 0.2) is 54.3 Å². The molecule has 1 atom stereocenters. The number of carbonyl (C=O) groups is 2. The molecule has 1 N–H and O–H groups in total. The second-order valence-electron chi connectivity index (χ2n) is 8.06. The lowest BCUT2D eigenvalue weighted by molar-refractivity contribution is -0.123. The van der Waals surface area contributed by atoms with Crippen molar-refractivity contribution in [2.24, 2.45) is 0 Å². The number of rotatable bonds is 6. The van der Waals surface area contributed by atoms with E-state index in [1.54, 1.807) is 18.2 Å². The molecule has 2 amide bonds. The SMILES string of the molecule is O=C(NC1CCCCC1)C(c1cccs1)N(C(=O)c1cnccn1)c1ccc2c(c1)OCO2. The van der Waals surface area contributed by atoms with E-state index < -0.39 is 11.9 Å². The molecule has 1 aromatic carbocycles. The highest BCUT2D eigenvalue weighted by molar-refractivity contribution is 7.10. The van der Waals surface area contributed by atoms with Gasteiger partial charge >= 0.3 is 0 Å². The molecule has 8 nitrogen and oxygen atoms in total. The van der Waals surface area contributed by atoms with Crippen LogP contribution in [0.5, 0.6) is 11.5 Å². The molecular formula is C24H24N4O4S. The summed E-state index contributed by atoms with van der Waals surface area (Å²) in [4.78, 5) is 37.9. The first-order chi connectivity index (χ1) is 16.2. The molecule has 33 heavy (non-hydrogen) atoms. The number of amides is 2. The molecule has 1 aliphatic heterocycles. The van der Waals surface area contributed by atoms with Crippen molar-refractivity contribution in [2.75, 3.05) is 11.7 Å². The Bertz CT molecular complexity index is 1120. The van der Waals surface area contributed by atoms with Gasteiger partial charge in [-0.1, -0.05) is 25.3 Å². The zero-order valence-electron chi connectivity index (χ0n) is 18.0. The largest absolute Gasteiger partial charge is 0.454 e. The molecule has 0 bridgehead atoms. The van der Waals surface area contributed by atoms with E-state index in [1.807, 2.05) is 17.5 Å². The lowest BCUT2D eigenvalue weighted by atomic mass is 9.95. The topological polar surface area (TPSA) is 93.7 Å². The molecule has 2 aliphatic rings. The van der Waals surface area contributed by atoms with Gasteiger partial charge in [-0.3, -0.25) is 19.5 Å². The second-order valence-corrected chi connectivity index (χ2v) is 9.04. The van der Waals surface area contributed by atoms with Crippen molar-refractivity contribution >= 4 is 28.8 Å². The molecule has 170 valence electrons. The van der Waals surface area contributed by atoms with Crippen LogP contribution in [0, 0.1) is 0 Å². The van der Waals surface area contributed by atoms with E-state index in [1.165, 1.54) is 41.2 Å². The first kappa shape index (κ1) is 21.4. The standard InChI is InChI=1S/C24H24N4O4S/c29-23(27-16-5-2-1-3-6-16)22(21-7-4-12-33-21)28(24(30)18-14-25-10-11-26-18)17-8-9-19-20(13-17)32-15-31-19/h4,7-14,16,22H,1-3,5-6,15H2,(H,27,29). The van der Waals surface area contributed by atoms with Gasteiger partial charge in [-0.05, 0) is 36.4 Å². The van der Waals surface area contributed by atoms with Crippen LogP contribution < -0.4 is 19.7 Å². The van der Waals surface area contributed by atoms with Crippen LogP contribution in [0.1, 0.15) is 53.5 Å². The highest BCUT2D eigenvalue weighted by Gasteiger charge is 2.36. The summed E-state index contributed by atoms with van der Waals surface area (Å²) in [5.41, 5.74) is 0.675. The number of thiophene rings is 1. The maximum atomic E-state index is 13.8. The number of aromatic nitrogens is 2. The van der Waals surface area contributed by atoms with Gasteiger partial charge in [0.2, 0.25) is 12.7 Å². The predicted octanol–water partition coefficient (Wildman–Crippen LogP) is 4.10. The van der Waals surface area contributed by atoms with Crippen molar-refractivity contribution < 1.29 is 19.1 Å². The van der Waals surface area contributed by atoms with Gasteiger partial charge in [-0.2, -0.15) is 0 Å². The van der Waals surface area contributed by atoms with Crippen LogP contribution in [-0.2, 0) is 4.79 Å². The molecule has 1 unspecified atom stereocenters. The maximum absolute atomic E-state index is 13.8. The van der Waals surface area contributed by atoms with Gasteiger partial charge in [0.1, 0.15) is 5.69 Å². The van der Waals surface area contributed by atoms with E-state index in [4.69, 9.17) is 9.47 Å². The van der Waals surface area contributed by atoms with Crippen molar-refractivity contribution in [2.45, 2.75) is 44.2 Å². The minimum absolute atomic E-state index is 0.110. The van der Waals surface area contributed by atoms with Gasteiger partial charge in [0.05, 0.1) is 6.20 Å². The van der Waals surface area contributed by atoms with E-state index in [-0.39, 0.29) is 24.4 Å². The Kier molecular flexibility index (Phi) is 6.21. The molecule has 1 saturated carbocycles. The third-order valence-electron chi connectivity index (χ3n) is 5.91. The molecule has 0 spiro atoms. The van der Waals surface area contributed by atoms with E-state index in [0.717, 1.165) is 30.6 Å². The zero-order chi connectivity index (χ0) is 22.6. The number of nitrogens with one attached hydrogen (secondary N) is 1. The van der Waals surface area contributed by atoms with Crippen LogP contribution in [0.4, 0.5) is 5.69 Å². The number of ether oxygens (including phenoxy) is 2. The lowest BCUT2D eigenvalue weighted by Crippen LogP contribution is -2.47. The molecule has 2 aromatic heterocycles. The predicted molar refractivity (Wildman–Crippen MR) is 123 cm³/mol. The fourth-order valence-electron chi connectivity index (χ4n) is 4.30. The molecule has 1 aliphatic carbocycles. The van der Waals surface area contributed by atoms with Crippen LogP contribution in [-0.4, -0.2) is 34.6 Å². The number of carbonyl (C=O) groups excluding carboxylic acids is 2. The highest BCUT2D eigenvalue weighted by Crippen LogP contribution is 2.39. The third-order valence-corrected chi connectivity index (χ3v) is 6.83. The van der Waals surface area contributed by atoms with Crippen LogP contribution in [0.2, 0.25) is 0 Å². The molecule has 0 saturated heterocycles. The summed E-state index contributed by atoms with van der Waals surface area (Å²) in [6.07, 6.45) is 9.66. The lowest BCUT2D eigenvalue weighted by Gasteiger charge is -2.32. The molecule has 0 radical (unpaired) electrons. The van der Waals surface area contributed by atoms with E-state index in [2.05, 4.69) is 15.3 Å². The first-order valence-corrected chi connectivity index (χ1v) is 11.9. The Morgan fingerprint density at radius 1 is 1.09 bits per heavy atom. The van der Waals surface area contributed by atoms with Gasteiger partial charge in [0, 0.05) is 35.1 Å². The Balaban J connectivity index is 1.56. The van der Waals surface area contributed by atoms with E-state index >= 15 is 0 Å². The van der Waals surface area contributed by atoms with Crippen molar-refractivity contribution in [1.29, 1.82) is 0 Å². The number of benzene rings is 1. The summed E-state index contributed by atoms with van der Waals surface area (Å²) in [6, 6.07) is 8.24. The zero-order valence-corrected chi connectivity index (χ0v) is 18.8. The molecule has 1 fully saturated rings.